The summed E-state index contributed by atoms with van der Waals surface area (Å²) in [7, 11) is 0. The molecule has 4 heteroatoms. The molecule has 0 fully saturated rings. The molecule has 0 aliphatic carbocycles. The minimum atomic E-state index is 0.362. The molecule has 2 heterocycles. The molecule has 2 aromatic heterocycles. The van der Waals surface area contributed by atoms with Crippen molar-refractivity contribution in [3.63, 3.8) is 0 Å². The number of rotatable bonds is 7. The standard InChI is InChI=1S/C15H22N2S2/c1-4-18-7-5-11(2)17-12(3)13-9-15-14(16-10-13)6-8-19-15/h6,8-12,17H,4-5,7H2,1-3H3. The second kappa shape index (κ2) is 7.27. The lowest BCUT2D eigenvalue weighted by Crippen LogP contribution is -2.29. The van der Waals surface area contributed by atoms with E-state index in [-0.39, 0.29) is 0 Å². The Labute approximate surface area is 124 Å². The second-order valence-corrected chi connectivity index (χ2v) is 7.19. The van der Waals surface area contributed by atoms with Gasteiger partial charge >= 0.3 is 0 Å². The molecular weight excluding hydrogens is 272 g/mol. The summed E-state index contributed by atoms with van der Waals surface area (Å²) < 4.78 is 1.28. The third-order valence-corrected chi connectivity index (χ3v) is 5.04. The highest BCUT2D eigenvalue weighted by Gasteiger charge is 2.10. The average Bonchev–Trinajstić information content (AvgIpc) is 2.86. The van der Waals surface area contributed by atoms with Gasteiger partial charge in [0.05, 0.1) is 10.2 Å². The van der Waals surface area contributed by atoms with E-state index in [1.165, 1.54) is 28.2 Å². The van der Waals surface area contributed by atoms with Crippen LogP contribution in [0.15, 0.2) is 23.7 Å². The molecule has 0 bridgehead atoms. The second-order valence-electron chi connectivity index (χ2n) is 4.85. The normalized spacial score (nSPS) is 14.7. The van der Waals surface area contributed by atoms with Gasteiger partial charge in [-0.3, -0.25) is 4.98 Å². The van der Waals surface area contributed by atoms with Gasteiger partial charge in [0.1, 0.15) is 0 Å². The predicted molar refractivity (Wildman–Crippen MR) is 88.2 cm³/mol. The van der Waals surface area contributed by atoms with E-state index in [9.17, 15) is 0 Å². The monoisotopic (exact) mass is 294 g/mol. The van der Waals surface area contributed by atoms with Crippen LogP contribution in [-0.2, 0) is 0 Å². The summed E-state index contributed by atoms with van der Waals surface area (Å²) in [6, 6.07) is 5.25. The molecule has 0 amide bonds. The van der Waals surface area contributed by atoms with E-state index < -0.39 is 0 Å². The van der Waals surface area contributed by atoms with Gasteiger partial charge < -0.3 is 5.32 Å². The molecule has 0 aromatic carbocycles. The molecule has 0 radical (unpaired) electrons. The summed E-state index contributed by atoms with van der Waals surface area (Å²) in [5.74, 6) is 2.45. The third-order valence-electron chi connectivity index (χ3n) is 3.26. The summed E-state index contributed by atoms with van der Waals surface area (Å²) >= 11 is 3.77. The molecule has 2 rings (SSSR count). The first-order valence-corrected chi connectivity index (χ1v) is 8.91. The first-order valence-electron chi connectivity index (χ1n) is 6.87. The zero-order chi connectivity index (χ0) is 13.7. The minimum Gasteiger partial charge on any atom is -0.308 e. The predicted octanol–water partition coefficient (Wildman–Crippen LogP) is 4.48. The first kappa shape index (κ1) is 14.8. The Balaban J connectivity index is 1.92. The zero-order valence-corrected chi connectivity index (χ0v) is 13.5. The molecule has 2 aromatic rings. The van der Waals surface area contributed by atoms with Gasteiger partial charge in [-0.2, -0.15) is 11.8 Å². The Morgan fingerprint density at radius 3 is 3.05 bits per heavy atom. The van der Waals surface area contributed by atoms with Crippen LogP contribution in [0.3, 0.4) is 0 Å². The molecule has 0 aliphatic heterocycles. The highest BCUT2D eigenvalue weighted by Crippen LogP contribution is 2.23. The summed E-state index contributed by atoms with van der Waals surface area (Å²) in [5, 5.41) is 5.76. The zero-order valence-electron chi connectivity index (χ0n) is 11.8. The maximum Gasteiger partial charge on any atom is 0.0809 e. The Morgan fingerprint density at radius 2 is 2.26 bits per heavy atom. The van der Waals surface area contributed by atoms with Gasteiger partial charge in [0, 0.05) is 18.3 Å². The lowest BCUT2D eigenvalue weighted by Gasteiger charge is -2.20. The molecule has 0 spiro atoms. The van der Waals surface area contributed by atoms with E-state index in [0.29, 0.717) is 12.1 Å². The maximum absolute atomic E-state index is 4.51. The van der Waals surface area contributed by atoms with E-state index in [1.54, 1.807) is 11.3 Å². The minimum absolute atomic E-state index is 0.362. The molecule has 0 saturated carbocycles. The van der Waals surface area contributed by atoms with Crippen molar-refractivity contribution in [1.29, 1.82) is 0 Å². The fourth-order valence-electron chi connectivity index (χ4n) is 2.11. The number of pyridine rings is 1. The van der Waals surface area contributed by atoms with Crippen molar-refractivity contribution >= 4 is 33.3 Å². The third kappa shape index (κ3) is 4.20. The van der Waals surface area contributed by atoms with Crippen LogP contribution in [0.5, 0.6) is 0 Å². The van der Waals surface area contributed by atoms with Crippen LogP contribution in [0.4, 0.5) is 0 Å². The van der Waals surface area contributed by atoms with Crippen molar-refractivity contribution in [2.24, 2.45) is 0 Å². The van der Waals surface area contributed by atoms with Crippen LogP contribution in [0.2, 0.25) is 0 Å². The number of nitrogens with zero attached hydrogens (tertiary/aromatic N) is 1. The van der Waals surface area contributed by atoms with Gasteiger partial charge in [-0.1, -0.05) is 6.92 Å². The number of aromatic nitrogens is 1. The van der Waals surface area contributed by atoms with Gasteiger partial charge in [-0.15, -0.1) is 11.3 Å². The van der Waals surface area contributed by atoms with Gasteiger partial charge in [0.15, 0.2) is 0 Å². The average molecular weight is 294 g/mol. The Kier molecular flexibility index (Phi) is 5.67. The molecular formula is C15H22N2S2. The summed E-state index contributed by atoms with van der Waals surface area (Å²) in [6.45, 7) is 6.71. The Morgan fingerprint density at radius 1 is 1.42 bits per heavy atom. The number of thiophene rings is 1. The highest BCUT2D eigenvalue weighted by atomic mass is 32.2. The van der Waals surface area contributed by atoms with Crippen molar-refractivity contribution in [2.75, 3.05) is 11.5 Å². The molecule has 2 atom stereocenters. The van der Waals surface area contributed by atoms with E-state index in [0.717, 1.165) is 5.52 Å². The molecule has 2 unspecified atom stereocenters. The summed E-state index contributed by atoms with van der Waals surface area (Å²) in [6.07, 6.45) is 3.22. The smallest absolute Gasteiger partial charge is 0.0809 e. The molecule has 0 saturated heterocycles. The highest BCUT2D eigenvalue weighted by molar-refractivity contribution is 7.99. The molecule has 2 nitrogen and oxygen atoms in total. The fraction of sp³-hybridized carbons (Fsp3) is 0.533. The SMILES string of the molecule is CCSCCC(C)NC(C)c1cnc2ccsc2c1. The van der Waals surface area contributed by atoms with E-state index in [1.807, 2.05) is 18.0 Å². The largest absolute Gasteiger partial charge is 0.308 e. The van der Waals surface area contributed by atoms with Crippen molar-refractivity contribution in [2.45, 2.75) is 39.3 Å². The number of hydrogen-bond acceptors (Lipinski definition) is 4. The van der Waals surface area contributed by atoms with E-state index in [2.05, 4.69) is 48.6 Å². The number of nitrogens with one attached hydrogen (secondary N) is 1. The first-order chi connectivity index (χ1) is 9.20. The van der Waals surface area contributed by atoms with Crippen LogP contribution < -0.4 is 5.32 Å². The summed E-state index contributed by atoms with van der Waals surface area (Å²) in [4.78, 5) is 4.51. The molecule has 0 aliphatic rings. The lowest BCUT2D eigenvalue weighted by molar-refractivity contribution is 0.471. The van der Waals surface area contributed by atoms with E-state index >= 15 is 0 Å². The van der Waals surface area contributed by atoms with Gasteiger partial charge in [-0.05, 0) is 54.9 Å². The Hall–Kier alpha value is -0.580. The molecule has 19 heavy (non-hydrogen) atoms. The number of thioether (sulfide) groups is 1. The molecule has 1 N–H and O–H groups in total. The van der Waals surface area contributed by atoms with Gasteiger partial charge in [0.2, 0.25) is 0 Å². The lowest BCUT2D eigenvalue weighted by atomic mass is 10.1. The van der Waals surface area contributed by atoms with Crippen LogP contribution in [0, 0.1) is 0 Å². The van der Waals surface area contributed by atoms with Crippen LogP contribution >= 0.6 is 23.1 Å². The maximum atomic E-state index is 4.51. The number of fused-ring (bicyclic) bond motifs is 1. The topological polar surface area (TPSA) is 24.9 Å². The van der Waals surface area contributed by atoms with Crippen molar-refractivity contribution in [3.05, 3.63) is 29.3 Å². The fourth-order valence-corrected chi connectivity index (χ4v) is 3.71. The van der Waals surface area contributed by atoms with Gasteiger partial charge in [0.25, 0.3) is 0 Å². The Bertz CT molecular complexity index is 510. The quantitative estimate of drug-likeness (QED) is 0.762. The van der Waals surface area contributed by atoms with Gasteiger partial charge in [-0.25, -0.2) is 0 Å². The van der Waals surface area contributed by atoms with Crippen molar-refractivity contribution in [1.82, 2.24) is 10.3 Å². The van der Waals surface area contributed by atoms with Crippen molar-refractivity contribution < 1.29 is 0 Å². The number of hydrogen-bond donors (Lipinski definition) is 1. The van der Waals surface area contributed by atoms with Crippen LogP contribution in [-0.4, -0.2) is 22.5 Å². The van der Waals surface area contributed by atoms with Crippen LogP contribution in [0.25, 0.3) is 10.2 Å². The van der Waals surface area contributed by atoms with E-state index in [4.69, 9.17) is 0 Å². The summed E-state index contributed by atoms with van der Waals surface area (Å²) in [5.41, 5.74) is 2.39. The molecule has 104 valence electrons. The van der Waals surface area contributed by atoms with Crippen LogP contribution in [0.1, 0.15) is 38.8 Å². The van der Waals surface area contributed by atoms with Crippen molar-refractivity contribution in [3.8, 4) is 0 Å².